The highest BCUT2D eigenvalue weighted by atomic mass is 16.8. The maximum atomic E-state index is 14.7. The molecule has 0 amide bonds. The van der Waals surface area contributed by atoms with E-state index < -0.39 is 133 Å². The number of carbonyl (C=O) groups excluding carboxylic acids is 4. The summed E-state index contributed by atoms with van der Waals surface area (Å²) in [4.78, 5) is 50.7. The number of carbonyl (C=O) groups is 4. The minimum absolute atomic E-state index is 0.0690. The third-order valence-electron chi connectivity index (χ3n) is 14.9. The van der Waals surface area contributed by atoms with Crippen molar-refractivity contribution in [3.63, 3.8) is 0 Å². The van der Waals surface area contributed by atoms with Crippen molar-refractivity contribution in [1.82, 2.24) is 0 Å². The fourth-order valence-corrected chi connectivity index (χ4v) is 12.0. The van der Waals surface area contributed by atoms with Gasteiger partial charge in [-0.15, -0.1) is 0 Å². The van der Waals surface area contributed by atoms with Crippen LogP contribution in [-0.2, 0) is 61.8 Å². The molecule has 8 aliphatic rings. The standard InChI is InChI=1S/C43H60O19/c1-16-14-55-43(39(53)34(16)57-18(3)45)26(13-44)30-24-9-10-25-23(29(24)32(51)36(30)62-43)8-7-21-11-22(48)12-28(42(21,25)6)60-40-37(31(50)27(49)15-54-40)61-41-38(59-20(5)47)33(52)35(17(2)56-41)58-19(4)46/h7,16-17,22-23,25-28,30-31,33-41,44,48-50,52-53H,8-15H2,1-6H3. The van der Waals surface area contributed by atoms with Crippen molar-refractivity contribution < 1.29 is 92.4 Å². The van der Waals surface area contributed by atoms with E-state index in [4.69, 9.17) is 42.6 Å². The van der Waals surface area contributed by atoms with Crippen LogP contribution in [0.15, 0.2) is 22.8 Å². The van der Waals surface area contributed by atoms with Gasteiger partial charge in [-0.05, 0) is 44.4 Å². The molecule has 1 saturated carbocycles. The van der Waals surface area contributed by atoms with Crippen molar-refractivity contribution in [2.45, 2.75) is 165 Å². The van der Waals surface area contributed by atoms with Crippen LogP contribution in [0.3, 0.4) is 0 Å². The average molecular weight is 881 g/mol. The molecule has 0 aromatic heterocycles. The van der Waals surface area contributed by atoms with Crippen LogP contribution in [0.2, 0.25) is 0 Å². The van der Waals surface area contributed by atoms with Gasteiger partial charge < -0.3 is 73.3 Å². The molecule has 21 atom stereocenters. The third kappa shape index (κ3) is 7.46. The van der Waals surface area contributed by atoms with Gasteiger partial charge in [-0.3, -0.25) is 19.2 Å². The predicted octanol–water partition coefficient (Wildman–Crippen LogP) is -0.521. The van der Waals surface area contributed by atoms with Crippen LogP contribution in [0, 0.1) is 35.0 Å². The molecule has 0 aromatic carbocycles. The Morgan fingerprint density at radius 3 is 2.23 bits per heavy atom. The van der Waals surface area contributed by atoms with Crippen LogP contribution < -0.4 is 0 Å². The normalized spacial score (nSPS) is 48.7. The van der Waals surface area contributed by atoms with Gasteiger partial charge in [0.25, 0.3) is 0 Å². The molecule has 1 spiro atoms. The monoisotopic (exact) mass is 880 g/mol. The molecule has 4 heterocycles. The van der Waals surface area contributed by atoms with Gasteiger partial charge in [-0.25, -0.2) is 0 Å². The third-order valence-corrected chi connectivity index (χ3v) is 14.9. The Bertz CT molecular complexity index is 1830. The molecule has 0 radical (unpaired) electrons. The lowest BCUT2D eigenvalue weighted by Gasteiger charge is -2.56. The zero-order valence-electron chi connectivity index (χ0n) is 35.7. The summed E-state index contributed by atoms with van der Waals surface area (Å²) >= 11 is 0. The van der Waals surface area contributed by atoms with Gasteiger partial charge >= 0.3 is 17.9 Å². The zero-order valence-corrected chi connectivity index (χ0v) is 35.7. The van der Waals surface area contributed by atoms with Crippen LogP contribution in [0.1, 0.15) is 73.6 Å². The summed E-state index contributed by atoms with van der Waals surface area (Å²) in [5.74, 6) is -6.44. The molecule has 4 aliphatic heterocycles. The van der Waals surface area contributed by atoms with Gasteiger partial charge in [-0.2, -0.15) is 0 Å². The Balaban J connectivity index is 1.07. The van der Waals surface area contributed by atoms with Gasteiger partial charge in [0.05, 0.1) is 38.1 Å². The molecule has 21 unspecified atom stereocenters. The fourth-order valence-electron chi connectivity index (χ4n) is 12.0. The van der Waals surface area contributed by atoms with E-state index in [1.807, 2.05) is 13.0 Å². The van der Waals surface area contributed by atoms with Crippen molar-refractivity contribution in [3.8, 4) is 0 Å². The Hall–Kier alpha value is -2.92. The summed E-state index contributed by atoms with van der Waals surface area (Å²) in [5.41, 5.74) is 1.58. The quantitative estimate of drug-likeness (QED) is 0.102. The second-order valence-electron chi connectivity index (χ2n) is 18.6. The number of fused-ring (bicyclic) bond motifs is 6. The van der Waals surface area contributed by atoms with Crippen LogP contribution in [0.5, 0.6) is 0 Å². The van der Waals surface area contributed by atoms with E-state index in [0.29, 0.717) is 31.3 Å². The van der Waals surface area contributed by atoms with E-state index in [-0.39, 0.29) is 43.2 Å². The molecule has 62 heavy (non-hydrogen) atoms. The molecule has 19 nitrogen and oxygen atoms in total. The van der Waals surface area contributed by atoms with E-state index in [9.17, 15) is 49.8 Å². The number of hydrogen-bond donors (Lipinski definition) is 6. The maximum absolute atomic E-state index is 14.7. The molecule has 4 saturated heterocycles. The van der Waals surface area contributed by atoms with Gasteiger partial charge in [0.1, 0.15) is 42.7 Å². The van der Waals surface area contributed by atoms with Gasteiger partial charge in [0, 0.05) is 55.9 Å². The Kier molecular flexibility index (Phi) is 12.6. The highest BCUT2D eigenvalue weighted by Gasteiger charge is 2.70. The highest BCUT2D eigenvalue weighted by Crippen LogP contribution is 2.64. The fraction of sp³-hybridized carbons (Fsp3) is 0.814. The minimum Gasteiger partial charge on any atom is -0.459 e. The first-order valence-corrected chi connectivity index (χ1v) is 21.7. The SMILES string of the molecule is CC(=O)OC1C(C)OC(OC2C(OC3CC(O)CC4=CCC5C6=C(CCC5C43C)C3C(OC4(OCC(C)C(OC(C)=O)C4O)C3CO)C6=O)OCC(O)C2O)C(OC(C)=O)C1O. The Labute approximate surface area is 358 Å². The summed E-state index contributed by atoms with van der Waals surface area (Å²) in [5, 5.41) is 67.2. The number of aliphatic hydroxyl groups excluding tert-OH is 6. The lowest BCUT2D eigenvalue weighted by Crippen LogP contribution is -2.64. The number of ketones is 1. The van der Waals surface area contributed by atoms with Crippen LogP contribution in [0.25, 0.3) is 0 Å². The van der Waals surface area contributed by atoms with E-state index in [1.165, 1.54) is 13.8 Å². The van der Waals surface area contributed by atoms with E-state index in [2.05, 4.69) is 0 Å². The lowest BCUT2D eigenvalue weighted by molar-refractivity contribution is -0.363. The smallest absolute Gasteiger partial charge is 0.303 e. The second kappa shape index (κ2) is 17.1. The largest absolute Gasteiger partial charge is 0.459 e. The number of allylic oxidation sites excluding steroid dienone is 1. The lowest BCUT2D eigenvalue weighted by atomic mass is 9.51. The van der Waals surface area contributed by atoms with Crippen molar-refractivity contribution in [2.75, 3.05) is 19.8 Å². The number of ether oxygens (including phenoxy) is 9. The summed E-state index contributed by atoms with van der Waals surface area (Å²) in [6.07, 6.45) is -13.8. The molecule has 0 aromatic rings. The minimum atomic E-state index is -1.77. The predicted molar refractivity (Wildman–Crippen MR) is 206 cm³/mol. The van der Waals surface area contributed by atoms with Crippen LogP contribution in [0.4, 0.5) is 0 Å². The molecule has 346 valence electrons. The maximum Gasteiger partial charge on any atom is 0.303 e. The molecule has 4 aliphatic carbocycles. The number of aliphatic hydroxyl groups is 6. The Morgan fingerprint density at radius 1 is 0.871 bits per heavy atom. The van der Waals surface area contributed by atoms with Crippen molar-refractivity contribution in [2.24, 2.45) is 35.0 Å². The first-order valence-electron chi connectivity index (χ1n) is 21.7. The summed E-state index contributed by atoms with van der Waals surface area (Å²) < 4.78 is 53.7. The Morgan fingerprint density at radius 2 is 1.55 bits per heavy atom. The number of Topliss-reactive ketones (excluding diaryl/α,β-unsaturated/α-hetero) is 1. The summed E-state index contributed by atoms with van der Waals surface area (Å²) in [6, 6.07) is 0. The van der Waals surface area contributed by atoms with E-state index in [1.54, 1.807) is 6.92 Å². The van der Waals surface area contributed by atoms with E-state index in [0.717, 1.165) is 25.0 Å². The van der Waals surface area contributed by atoms with Crippen LogP contribution >= 0.6 is 0 Å². The van der Waals surface area contributed by atoms with Gasteiger partial charge in [0.2, 0.25) is 5.79 Å². The molecule has 19 heteroatoms. The zero-order chi connectivity index (χ0) is 44.7. The molecular formula is C43H60O19. The first kappa shape index (κ1) is 45.6. The van der Waals surface area contributed by atoms with Gasteiger partial charge in [0.15, 0.2) is 30.6 Å². The van der Waals surface area contributed by atoms with Crippen LogP contribution in [-0.4, -0.2) is 166 Å². The van der Waals surface area contributed by atoms with Crippen molar-refractivity contribution in [1.29, 1.82) is 0 Å². The molecule has 6 N–H and O–H groups in total. The van der Waals surface area contributed by atoms with Gasteiger partial charge in [-0.1, -0.05) is 31.1 Å². The number of rotatable bonds is 8. The topological polar surface area (TPSA) is 273 Å². The van der Waals surface area contributed by atoms with Crippen molar-refractivity contribution >= 4 is 23.7 Å². The molecule has 0 bridgehead atoms. The average Bonchev–Trinajstić information content (AvgIpc) is 3.68. The number of esters is 3. The molecular weight excluding hydrogens is 820 g/mol. The number of hydrogen-bond acceptors (Lipinski definition) is 19. The van der Waals surface area contributed by atoms with Crippen molar-refractivity contribution in [3.05, 3.63) is 22.8 Å². The van der Waals surface area contributed by atoms with E-state index >= 15 is 0 Å². The first-order chi connectivity index (χ1) is 29.3. The molecule has 5 fully saturated rings. The second-order valence-corrected chi connectivity index (χ2v) is 18.6. The highest BCUT2D eigenvalue weighted by molar-refractivity contribution is 6.04. The summed E-state index contributed by atoms with van der Waals surface area (Å²) in [6.45, 7) is 8.08. The molecule has 8 rings (SSSR count). The summed E-state index contributed by atoms with van der Waals surface area (Å²) in [7, 11) is 0.